The van der Waals surface area contributed by atoms with Crippen molar-refractivity contribution in [3.8, 4) is 0 Å². The van der Waals surface area contributed by atoms with E-state index in [0.717, 1.165) is 38.4 Å². The van der Waals surface area contributed by atoms with Gasteiger partial charge in [0.25, 0.3) is 0 Å². The van der Waals surface area contributed by atoms with E-state index in [4.69, 9.17) is 0 Å². The molecule has 1 fully saturated rings. The number of rotatable bonds is 7. The number of hydrogen-bond donors (Lipinski definition) is 2. The number of benzene rings is 1. The Hall–Kier alpha value is -1.06. The summed E-state index contributed by atoms with van der Waals surface area (Å²) in [6.07, 6.45) is 3.95. The van der Waals surface area contributed by atoms with E-state index in [1.54, 1.807) is 0 Å². The Balaban J connectivity index is 0.00000220. The molecular formula is C17H27ClN2O. The molecule has 1 amide bonds. The fourth-order valence-corrected chi connectivity index (χ4v) is 2.90. The smallest absolute Gasteiger partial charge is 0.220 e. The molecule has 0 aliphatic carbocycles. The number of halogens is 1. The number of carbonyl (C=O) groups is 1. The van der Waals surface area contributed by atoms with Crippen molar-refractivity contribution in [3.05, 3.63) is 35.9 Å². The van der Waals surface area contributed by atoms with Gasteiger partial charge in [-0.15, -0.1) is 12.4 Å². The molecule has 1 aliphatic heterocycles. The minimum atomic E-state index is 0. The largest absolute Gasteiger partial charge is 0.356 e. The number of hydrogen-bond acceptors (Lipinski definition) is 2. The van der Waals surface area contributed by atoms with Gasteiger partial charge in [0.05, 0.1) is 0 Å². The highest BCUT2D eigenvalue weighted by Gasteiger charge is 2.16. The highest BCUT2D eigenvalue weighted by atomic mass is 35.5. The maximum Gasteiger partial charge on any atom is 0.220 e. The molecule has 2 atom stereocenters. The van der Waals surface area contributed by atoms with Crippen LogP contribution in [-0.4, -0.2) is 25.5 Å². The third kappa shape index (κ3) is 6.06. The van der Waals surface area contributed by atoms with E-state index in [2.05, 4.69) is 29.7 Å². The van der Waals surface area contributed by atoms with Crippen LogP contribution in [0.5, 0.6) is 0 Å². The van der Waals surface area contributed by atoms with Gasteiger partial charge in [0.15, 0.2) is 0 Å². The average Bonchev–Trinajstić information content (AvgIpc) is 2.99. The van der Waals surface area contributed by atoms with Crippen molar-refractivity contribution in [1.82, 2.24) is 10.6 Å². The molecule has 3 nitrogen and oxygen atoms in total. The number of amides is 1. The van der Waals surface area contributed by atoms with Crippen molar-refractivity contribution in [3.63, 3.8) is 0 Å². The van der Waals surface area contributed by atoms with Crippen LogP contribution in [-0.2, 0) is 4.79 Å². The molecule has 1 saturated heterocycles. The maximum absolute atomic E-state index is 12.0. The van der Waals surface area contributed by atoms with E-state index in [9.17, 15) is 4.79 Å². The highest BCUT2D eigenvalue weighted by molar-refractivity contribution is 5.85. The van der Waals surface area contributed by atoms with Gasteiger partial charge in [-0.2, -0.15) is 0 Å². The van der Waals surface area contributed by atoms with Gasteiger partial charge in [0.1, 0.15) is 0 Å². The third-order valence-electron chi connectivity index (χ3n) is 4.23. The molecule has 0 bridgehead atoms. The van der Waals surface area contributed by atoms with Gasteiger partial charge < -0.3 is 10.6 Å². The molecule has 1 aromatic rings. The highest BCUT2D eigenvalue weighted by Crippen LogP contribution is 2.22. The summed E-state index contributed by atoms with van der Waals surface area (Å²) >= 11 is 0. The molecule has 21 heavy (non-hydrogen) atoms. The van der Waals surface area contributed by atoms with Crippen LogP contribution >= 0.6 is 12.4 Å². The Morgan fingerprint density at radius 3 is 2.76 bits per heavy atom. The van der Waals surface area contributed by atoms with Crippen LogP contribution < -0.4 is 10.6 Å². The molecule has 2 N–H and O–H groups in total. The zero-order chi connectivity index (χ0) is 14.2. The van der Waals surface area contributed by atoms with Crippen molar-refractivity contribution >= 4 is 18.3 Å². The Labute approximate surface area is 134 Å². The molecule has 1 heterocycles. The normalized spacial score (nSPS) is 18.8. The minimum absolute atomic E-state index is 0. The molecule has 4 heteroatoms. The molecule has 2 unspecified atom stereocenters. The molecule has 0 saturated carbocycles. The molecule has 118 valence electrons. The molecule has 0 spiro atoms. The van der Waals surface area contributed by atoms with E-state index in [1.807, 2.05) is 18.2 Å². The molecule has 0 aromatic heterocycles. The van der Waals surface area contributed by atoms with Crippen LogP contribution in [0.2, 0.25) is 0 Å². The summed E-state index contributed by atoms with van der Waals surface area (Å²) in [6.45, 7) is 5.20. The summed E-state index contributed by atoms with van der Waals surface area (Å²) in [7, 11) is 0. The second-order valence-electron chi connectivity index (χ2n) is 5.72. The maximum atomic E-state index is 12.0. The van der Waals surface area contributed by atoms with E-state index in [1.165, 1.54) is 12.0 Å². The number of carbonyl (C=O) groups excluding carboxylic acids is 1. The van der Waals surface area contributed by atoms with Crippen LogP contribution in [0.25, 0.3) is 0 Å². The second-order valence-corrected chi connectivity index (χ2v) is 5.72. The Bertz CT molecular complexity index is 405. The topological polar surface area (TPSA) is 41.1 Å². The van der Waals surface area contributed by atoms with Gasteiger partial charge >= 0.3 is 0 Å². The lowest BCUT2D eigenvalue weighted by atomic mass is 9.93. The zero-order valence-corrected chi connectivity index (χ0v) is 13.6. The van der Waals surface area contributed by atoms with Crippen molar-refractivity contribution in [2.24, 2.45) is 5.92 Å². The van der Waals surface area contributed by atoms with E-state index in [0.29, 0.717) is 12.3 Å². The Kier molecular flexibility index (Phi) is 8.40. The van der Waals surface area contributed by atoms with Crippen molar-refractivity contribution < 1.29 is 4.79 Å². The van der Waals surface area contributed by atoms with E-state index >= 15 is 0 Å². The lowest BCUT2D eigenvalue weighted by molar-refractivity contribution is -0.121. The van der Waals surface area contributed by atoms with Gasteiger partial charge in [0.2, 0.25) is 5.91 Å². The third-order valence-corrected chi connectivity index (χ3v) is 4.23. The van der Waals surface area contributed by atoms with Crippen LogP contribution in [0.4, 0.5) is 0 Å². The summed E-state index contributed by atoms with van der Waals surface area (Å²) < 4.78 is 0. The monoisotopic (exact) mass is 310 g/mol. The van der Waals surface area contributed by atoms with Gasteiger partial charge in [-0.3, -0.25) is 4.79 Å². The van der Waals surface area contributed by atoms with Crippen molar-refractivity contribution in [2.75, 3.05) is 19.6 Å². The first kappa shape index (κ1) is 18.0. The lowest BCUT2D eigenvalue weighted by Crippen LogP contribution is -2.27. The zero-order valence-electron chi connectivity index (χ0n) is 12.8. The minimum Gasteiger partial charge on any atom is -0.356 e. The fraction of sp³-hybridized carbons (Fsp3) is 0.588. The van der Waals surface area contributed by atoms with Crippen LogP contribution in [0.1, 0.15) is 44.1 Å². The summed E-state index contributed by atoms with van der Waals surface area (Å²) in [5.74, 6) is 1.27. The second kappa shape index (κ2) is 9.80. The summed E-state index contributed by atoms with van der Waals surface area (Å²) in [5, 5.41) is 6.44. The summed E-state index contributed by atoms with van der Waals surface area (Å²) in [5.41, 5.74) is 1.27. The van der Waals surface area contributed by atoms with Gasteiger partial charge in [-0.1, -0.05) is 37.3 Å². The average molecular weight is 311 g/mol. The van der Waals surface area contributed by atoms with Crippen LogP contribution in [0.15, 0.2) is 30.3 Å². The first-order chi connectivity index (χ1) is 9.79. The van der Waals surface area contributed by atoms with Crippen LogP contribution in [0.3, 0.4) is 0 Å². The quantitative estimate of drug-likeness (QED) is 0.812. The van der Waals surface area contributed by atoms with Gasteiger partial charge in [-0.05, 0) is 49.8 Å². The molecular weight excluding hydrogens is 284 g/mol. The number of nitrogens with one attached hydrogen (secondary N) is 2. The van der Waals surface area contributed by atoms with Gasteiger partial charge in [-0.25, -0.2) is 0 Å². The van der Waals surface area contributed by atoms with E-state index < -0.39 is 0 Å². The standard InChI is InChI=1S/C17H26N2O.ClH/c1-2-15(16-6-4-3-5-7-16)12-17(20)19-11-9-14-8-10-18-13-14;/h3-7,14-15,18H,2,8-13H2,1H3,(H,19,20);1H. The van der Waals surface area contributed by atoms with Crippen molar-refractivity contribution in [2.45, 2.75) is 38.5 Å². The fourth-order valence-electron chi connectivity index (χ4n) is 2.90. The molecule has 1 aliphatic rings. The Morgan fingerprint density at radius 1 is 1.38 bits per heavy atom. The van der Waals surface area contributed by atoms with E-state index in [-0.39, 0.29) is 18.3 Å². The van der Waals surface area contributed by atoms with Crippen molar-refractivity contribution in [1.29, 1.82) is 0 Å². The Morgan fingerprint density at radius 2 is 2.14 bits per heavy atom. The van der Waals surface area contributed by atoms with Crippen LogP contribution in [0, 0.1) is 5.92 Å². The first-order valence-corrected chi connectivity index (χ1v) is 7.82. The predicted molar refractivity (Wildman–Crippen MR) is 89.9 cm³/mol. The summed E-state index contributed by atoms with van der Waals surface area (Å²) in [4.78, 5) is 12.0. The molecule has 0 radical (unpaired) electrons. The molecule has 2 rings (SSSR count). The predicted octanol–water partition coefficient (Wildman–Crippen LogP) is 3.11. The summed E-state index contributed by atoms with van der Waals surface area (Å²) in [6, 6.07) is 10.3. The first-order valence-electron chi connectivity index (χ1n) is 7.82. The SMILES string of the molecule is CCC(CC(=O)NCCC1CCNC1)c1ccccc1.Cl. The lowest BCUT2D eigenvalue weighted by Gasteiger charge is -2.15. The molecule has 1 aromatic carbocycles. The van der Waals surface area contributed by atoms with Gasteiger partial charge in [0, 0.05) is 13.0 Å².